The Hall–Kier alpha value is -3.75. The van der Waals surface area contributed by atoms with Crippen LogP contribution >= 0.6 is 0 Å². The number of rotatable bonds is 8. The van der Waals surface area contributed by atoms with E-state index in [0.717, 1.165) is 0 Å². The molecular formula is C19H19N3O6. The Bertz CT molecular complexity index is 879. The van der Waals surface area contributed by atoms with E-state index in [1.165, 1.54) is 30.3 Å². The molecule has 28 heavy (non-hydrogen) atoms. The molecule has 2 aromatic carbocycles. The van der Waals surface area contributed by atoms with E-state index in [2.05, 4.69) is 10.6 Å². The van der Waals surface area contributed by atoms with Crippen molar-refractivity contribution in [3.05, 3.63) is 69.8 Å². The number of ether oxygens (including phenoxy) is 1. The summed E-state index contributed by atoms with van der Waals surface area (Å²) in [6.45, 7) is 2.04. The van der Waals surface area contributed by atoms with Gasteiger partial charge in [-0.3, -0.25) is 19.7 Å². The first-order valence-electron chi connectivity index (χ1n) is 8.50. The van der Waals surface area contributed by atoms with Crippen LogP contribution in [0.2, 0.25) is 0 Å². The molecule has 2 aromatic rings. The Morgan fingerprint density at radius 1 is 1.07 bits per heavy atom. The van der Waals surface area contributed by atoms with Gasteiger partial charge in [0.2, 0.25) is 5.91 Å². The van der Waals surface area contributed by atoms with Crippen molar-refractivity contribution < 1.29 is 24.0 Å². The van der Waals surface area contributed by atoms with Crippen LogP contribution in [0.4, 0.5) is 11.4 Å². The van der Waals surface area contributed by atoms with Crippen molar-refractivity contribution in [1.82, 2.24) is 5.32 Å². The zero-order valence-corrected chi connectivity index (χ0v) is 15.1. The molecule has 0 spiro atoms. The molecule has 2 rings (SSSR count). The van der Waals surface area contributed by atoms with Crippen LogP contribution in [0.5, 0.6) is 0 Å². The average Bonchev–Trinajstić information content (AvgIpc) is 2.68. The summed E-state index contributed by atoms with van der Waals surface area (Å²) in [5, 5.41) is 15.8. The molecule has 146 valence electrons. The maximum absolute atomic E-state index is 12.0. The third kappa shape index (κ3) is 5.90. The van der Waals surface area contributed by atoms with E-state index < -0.39 is 16.8 Å². The van der Waals surface area contributed by atoms with Crippen LogP contribution in [0.3, 0.4) is 0 Å². The van der Waals surface area contributed by atoms with Gasteiger partial charge < -0.3 is 15.4 Å². The van der Waals surface area contributed by atoms with Crippen molar-refractivity contribution in [1.29, 1.82) is 0 Å². The van der Waals surface area contributed by atoms with Gasteiger partial charge in [-0.1, -0.05) is 6.07 Å². The molecule has 0 bridgehead atoms. The second-order valence-electron chi connectivity index (χ2n) is 5.66. The number of carbonyl (C=O) groups excluding carboxylic acids is 3. The maximum atomic E-state index is 12.0. The number of nitro benzene ring substituents is 1. The molecule has 0 fully saturated rings. The molecule has 0 heterocycles. The minimum absolute atomic E-state index is 0.0162. The van der Waals surface area contributed by atoms with Crippen LogP contribution < -0.4 is 10.6 Å². The highest BCUT2D eigenvalue weighted by Crippen LogP contribution is 2.13. The van der Waals surface area contributed by atoms with Crippen LogP contribution in [-0.2, 0) is 9.53 Å². The summed E-state index contributed by atoms with van der Waals surface area (Å²) in [5.41, 5.74) is 0.914. The first kappa shape index (κ1) is 20.6. The summed E-state index contributed by atoms with van der Waals surface area (Å²) in [6.07, 6.45) is 0.0162. The summed E-state index contributed by atoms with van der Waals surface area (Å²) in [5.74, 6) is -1.26. The Morgan fingerprint density at radius 2 is 1.79 bits per heavy atom. The van der Waals surface area contributed by atoms with Gasteiger partial charge in [0.15, 0.2) is 0 Å². The first-order valence-corrected chi connectivity index (χ1v) is 8.50. The van der Waals surface area contributed by atoms with Crippen molar-refractivity contribution in [2.24, 2.45) is 0 Å². The van der Waals surface area contributed by atoms with Gasteiger partial charge in [0.25, 0.3) is 11.6 Å². The minimum atomic E-state index is -0.553. The molecular weight excluding hydrogens is 366 g/mol. The number of non-ortho nitro benzene ring substituents is 1. The van der Waals surface area contributed by atoms with Gasteiger partial charge in [0.1, 0.15) is 0 Å². The molecule has 9 heteroatoms. The molecule has 0 radical (unpaired) electrons. The lowest BCUT2D eigenvalue weighted by molar-refractivity contribution is -0.384. The number of benzene rings is 2. The molecule has 0 aliphatic heterocycles. The number of nitrogens with one attached hydrogen (secondary N) is 2. The van der Waals surface area contributed by atoms with E-state index in [1.807, 2.05) is 0 Å². The van der Waals surface area contributed by atoms with Gasteiger partial charge in [0, 0.05) is 36.3 Å². The van der Waals surface area contributed by atoms with Gasteiger partial charge in [-0.15, -0.1) is 0 Å². The van der Waals surface area contributed by atoms with Crippen LogP contribution in [0.15, 0.2) is 48.5 Å². The Balaban J connectivity index is 1.82. The number of amides is 2. The predicted octanol–water partition coefficient (Wildman–Crippen LogP) is 2.53. The third-order valence-electron chi connectivity index (χ3n) is 3.64. The van der Waals surface area contributed by atoms with Gasteiger partial charge in [-0.05, 0) is 37.3 Å². The minimum Gasteiger partial charge on any atom is -0.462 e. The molecule has 9 nitrogen and oxygen atoms in total. The molecule has 0 aromatic heterocycles. The quantitative estimate of drug-likeness (QED) is 0.408. The lowest BCUT2D eigenvalue weighted by Gasteiger charge is -2.08. The Kier molecular flexibility index (Phi) is 7.21. The number of nitrogens with zero attached hydrogens (tertiary/aromatic N) is 1. The SMILES string of the molecule is CCOC(=O)c1cccc(NC(=O)CCNC(=O)c2ccc([N+](=O)[O-])cc2)c1. The highest BCUT2D eigenvalue weighted by Gasteiger charge is 2.11. The number of esters is 1. The van der Waals surface area contributed by atoms with Crippen LogP contribution in [0.1, 0.15) is 34.1 Å². The molecule has 0 aliphatic rings. The summed E-state index contributed by atoms with van der Waals surface area (Å²) in [6, 6.07) is 11.5. The smallest absolute Gasteiger partial charge is 0.338 e. The van der Waals surface area contributed by atoms with Gasteiger partial charge in [-0.25, -0.2) is 4.79 Å². The Labute approximate surface area is 160 Å². The highest BCUT2D eigenvalue weighted by molar-refractivity contribution is 5.96. The molecule has 0 aliphatic carbocycles. The zero-order valence-electron chi connectivity index (χ0n) is 15.1. The summed E-state index contributed by atoms with van der Waals surface area (Å²) in [7, 11) is 0. The van der Waals surface area contributed by atoms with Gasteiger partial charge in [-0.2, -0.15) is 0 Å². The topological polar surface area (TPSA) is 128 Å². The molecule has 0 unspecified atom stereocenters. The van der Waals surface area contributed by atoms with E-state index >= 15 is 0 Å². The van der Waals surface area contributed by atoms with E-state index in [-0.39, 0.29) is 36.7 Å². The van der Waals surface area contributed by atoms with Crippen molar-refractivity contribution >= 4 is 29.2 Å². The predicted molar refractivity (Wildman–Crippen MR) is 101 cm³/mol. The monoisotopic (exact) mass is 385 g/mol. The van der Waals surface area contributed by atoms with E-state index in [0.29, 0.717) is 11.3 Å². The second-order valence-corrected chi connectivity index (χ2v) is 5.66. The highest BCUT2D eigenvalue weighted by atomic mass is 16.6. The van der Waals surface area contributed by atoms with Crippen LogP contribution in [0, 0.1) is 10.1 Å². The van der Waals surface area contributed by atoms with Crippen molar-refractivity contribution in [3.8, 4) is 0 Å². The number of hydrogen-bond acceptors (Lipinski definition) is 6. The largest absolute Gasteiger partial charge is 0.462 e. The summed E-state index contributed by atoms with van der Waals surface area (Å²) >= 11 is 0. The molecule has 2 amide bonds. The first-order chi connectivity index (χ1) is 13.4. The second kappa shape index (κ2) is 9.81. The number of nitro groups is 1. The lowest BCUT2D eigenvalue weighted by atomic mass is 10.2. The fraction of sp³-hybridized carbons (Fsp3) is 0.211. The van der Waals surface area contributed by atoms with Crippen molar-refractivity contribution in [2.75, 3.05) is 18.5 Å². The molecule has 0 saturated heterocycles. The molecule has 0 saturated carbocycles. The normalized spacial score (nSPS) is 10.0. The average molecular weight is 385 g/mol. The zero-order chi connectivity index (χ0) is 20.5. The molecule has 2 N–H and O–H groups in total. The fourth-order valence-corrected chi connectivity index (χ4v) is 2.29. The maximum Gasteiger partial charge on any atom is 0.338 e. The molecule has 0 atom stereocenters. The van der Waals surface area contributed by atoms with Crippen LogP contribution in [0.25, 0.3) is 0 Å². The lowest BCUT2D eigenvalue weighted by Crippen LogP contribution is -2.27. The standard InChI is InChI=1S/C19H19N3O6/c1-2-28-19(25)14-4-3-5-15(12-14)21-17(23)10-11-20-18(24)13-6-8-16(9-7-13)22(26)27/h3-9,12H,2,10-11H2,1H3,(H,20,24)(H,21,23). The van der Waals surface area contributed by atoms with E-state index in [4.69, 9.17) is 4.74 Å². The van der Waals surface area contributed by atoms with Gasteiger partial charge in [0.05, 0.1) is 17.1 Å². The van der Waals surface area contributed by atoms with Crippen molar-refractivity contribution in [3.63, 3.8) is 0 Å². The van der Waals surface area contributed by atoms with Crippen LogP contribution in [-0.4, -0.2) is 35.9 Å². The summed E-state index contributed by atoms with van der Waals surface area (Å²) in [4.78, 5) is 45.7. The summed E-state index contributed by atoms with van der Waals surface area (Å²) < 4.78 is 4.91. The fourth-order valence-electron chi connectivity index (χ4n) is 2.29. The van der Waals surface area contributed by atoms with Gasteiger partial charge >= 0.3 is 5.97 Å². The van der Waals surface area contributed by atoms with Crippen molar-refractivity contribution in [2.45, 2.75) is 13.3 Å². The number of anilines is 1. The Morgan fingerprint density at radius 3 is 2.43 bits per heavy atom. The number of carbonyl (C=O) groups is 3. The number of hydrogen-bond donors (Lipinski definition) is 2. The van der Waals surface area contributed by atoms with E-state index in [9.17, 15) is 24.5 Å². The third-order valence-corrected chi connectivity index (χ3v) is 3.64. The van der Waals surface area contributed by atoms with E-state index in [1.54, 1.807) is 25.1 Å².